The molecule has 0 amide bonds. The molecule has 0 saturated heterocycles. The highest BCUT2D eigenvalue weighted by atomic mass is 16.1. The fourth-order valence-electron chi connectivity index (χ4n) is 1.95. The summed E-state index contributed by atoms with van der Waals surface area (Å²) < 4.78 is 1.68. The molecule has 96 valence electrons. The number of nitrogens with zero attached hydrogens (tertiary/aromatic N) is 2. The Morgan fingerprint density at radius 2 is 1.82 bits per heavy atom. The van der Waals surface area contributed by atoms with E-state index >= 15 is 0 Å². The van der Waals surface area contributed by atoms with Crippen LogP contribution in [0.5, 0.6) is 0 Å². The maximum absolute atomic E-state index is 11.7. The quantitative estimate of drug-likeness (QED) is 0.483. The first-order valence-corrected chi connectivity index (χ1v) is 6.76. The summed E-state index contributed by atoms with van der Waals surface area (Å²) in [6.45, 7) is 2.23. The van der Waals surface area contributed by atoms with E-state index in [9.17, 15) is 4.79 Å². The summed E-state index contributed by atoms with van der Waals surface area (Å²) >= 11 is 0. The van der Waals surface area contributed by atoms with Gasteiger partial charge in [-0.2, -0.15) is 5.10 Å². The van der Waals surface area contributed by atoms with E-state index in [1.54, 1.807) is 17.1 Å². The van der Waals surface area contributed by atoms with Gasteiger partial charge in [0, 0.05) is 19.7 Å². The van der Waals surface area contributed by atoms with E-state index in [0.717, 1.165) is 12.0 Å². The molecule has 0 aromatic carbocycles. The van der Waals surface area contributed by atoms with Gasteiger partial charge in [-0.05, 0) is 6.42 Å². The van der Waals surface area contributed by atoms with Crippen molar-refractivity contribution >= 4 is 5.78 Å². The van der Waals surface area contributed by atoms with Gasteiger partial charge in [-0.25, -0.2) is 0 Å². The van der Waals surface area contributed by atoms with Crippen LogP contribution in [0.2, 0.25) is 0 Å². The number of aromatic nitrogens is 2. The van der Waals surface area contributed by atoms with Crippen LogP contribution in [0.15, 0.2) is 12.4 Å². The number of rotatable bonds is 9. The molecule has 0 N–H and O–H groups in total. The molecule has 1 rings (SSSR count). The Morgan fingerprint density at radius 1 is 1.18 bits per heavy atom. The minimum atomic E-state index is 0.228. The molecule has 0 saturated carbocycles. The minimum Gasteiger partial charge on any atom is -0.294 e. The fourth-order valence-corrected chi connectivity index (χ4v) is 1.95. The highest BCUT2D eigenvalue weighted by Crippen LogP contribution is 2.10. The Labute approximate surface area is 104 Å². The first kappa shape index (κ1) is 13.9. The molecule has 17 heavy (non-hydrogen) atoms. The molecule has 3 nitrogen and oxygen atoms in total. The smallest absolute Gasteiger partial charge is 0.166 e. The van der Waals surface area contributed by atoms with Crippen LogP contribution in [0.25, 0.3) is 0 Å². The van der Waals surface area contributed by atoms with E-state index in [-0.39, 0.29) is 5.78 Å². The predicted octanol–water partition coefficient (Wildman–Crippen LogP) is 3.74. The van der Waals surface area contributed by atoms with Gasteiger partial charge < -0.3 is 0 Å². The molecular weight excluding hydrogens is 212 g/mol. The number of ketones is 1. The molecule has 0 aliphatic rings. The molecule has 1 heterocycles. The fraction of sp³-hybridized carbons (Fsp3) is 0.714. The molecule has 0 aliphatic carbocycles. The summed E-state index contributed by atoms with van der Waals surface area (Å²) in [6.07, 6.45) is 12.9. The first-order chi connectivity index (χ1) is 8.24. The van der Waals surface area contributed by atoms with Crippen LogP contribution < -0.4 is 0 Å². The zero-order valence-electron chi connectivity index (χ0n) is 11.1. The van der Waals surface area contributed by atoms with Crippen LogP contribution in [0.4, 0.5) is 0 Å². The van der Waals surface area contributed by atoms with Gasteiger partial charge in [0.05, 0.1) is 11.8 Å². The second kappa shape index (κ2) is 8.04. The maximum atomic E-state index is 11.7. The van der Waals surface area contributed by atoms with Gasteiger partial charge in [-0.3, -0.25) is 9.48 Å². The van der Waals surface area contributed by atoms with Crippen molar-refractivity contribution in [3.05, 3.63) is 18.0 Å². The van der Waals surface area contributed by atoms with Crippen molar-refractivity contribution < 1.29 is 4.79 Å². The van der Waals surface area contributed by atoms with Crippen LogP contribution in [-0.4, -0.2) is 15.6 Å². The Morgan fingerprint density at radius 3 is 2.41 bits per heavy atom. The molecule has 0 spiro atoms. The normalized spacial score (nSPS) is 10.7. The number of hydrogen-bond donors (Lipinski definition) is 0. The molecule has 3 heteroatoms. The molecular formula is C14H24N2O. The molecule has 1 aromatic heterocycles. The first-order valence-electron chi connectivity index (χ1n) is 6.76. The second-order valence-electron chi connectivity index (χ2n) is 4.70. The Balaban J connectivity index is 2.05. The number of hydrogen-bond acceptors (Lipinski definition) is 2. The number of aryl methyl sites for hydroxylation is 1. The van der Waals surface area contributed by atoms with Crippen molar-refractivity contribution in [3.63, 3.8) is 0 Å². The number of carbonyl (C=O) groups excluding carboxylic acids is 1. The molecule has 0 radical (unpaired) electrons. The van der Waals surface area contributed by atoms with E-state index in [2.05, 4.69) is 12.0 Å². The molecule has 0 aliphatic heterocycles. The van der Waals surface area contributed by atoms with Crippen molar-refractivity contribution in [1.29, 1.82) is 0 Å². The third-order valence-electron chi connectivity index (χ3n) is 3.03. The summed E-state index contributed by atoms with van der Waals surface area (Å²) in [4.78, 5) is 11.7. The Hall–Kier alpha value is -1.12. The average Bonchev–Trinajstić information content (AvgIpc) is 2.74. The van der Waals surface area contributed by atoms with Gasteiger partial charge in [0.25, 0.3) is 0 Å². The van der Waals surface area contributed by atoms with Crippen molar-refractivity contribution in [2.45, 2.75) is 58.3 Å². The zero-order chi connectivity index (χ0) is 12.5. The molecule has 0 atom stereocenters. The highest BCUT2D eigenvalue weighted by Gasteiger charge is 2.06. The third-order valence-corrected chi connectivity index (χ3v) is 3.03. The summed E-state index contributed by atoms with van der Waals surface area (Å²) in [6, 6.07) is 0. The summed E-state index contributed by atoms with van der Waals surface area (Å²) in [5.41, 5.74) is 0.749. The lowest BCUT2D eigenvalue weighted by atomic mass is 10.1. The van der Waals surface area contributed by atoms with Gasteiger partial charge in [0.1, 0.15) is 0 Å². The van der Waals surface area contributed by atoms with Crippen LogP contribution >= 0.6 is 0 Å². The number of unbranched alkanes of at least 4 members (excludes halogenated alkanes) is 6. The number of Topliss-reactive ketones (excluding diaryl/α,β-unsaturated/α-hetero) is 1. The maximum Gasteiger partial charge on any atom is 0.166 e. The van der Waals surface area contributed by atoms with E-state index in [1.165, 1.54) is 38.5 Å². The van der Waals surface area contributed by atoms with Gasteiger partial charge in [0.2, 0.25) is 0 Å². The summed E-state index contributed by atoms with van der Waals surface area (Å²) in [5, 5.41) is 4.01. The summed E-state index contributed by atoms with van der Waals surface area (Å²) in [7, 11) is 1.84. The van der Waals surface area contributed by atoms with Crippen LogP contribution in [0, 0.1) is 0 Å². The predicted molar refractivity (Wildman–Crippen MR) is 70.1 cm³/mol. The minimum absolute atomic E-state index is 0.228. The van der Waals surface area contributed by atoms with E-state index in [0.29, 0.717) is 6.42 Å². The van der Waals surface area contributed by atoms with Gasteiger partial charge in [-0.15, -0.1) is 0 Å². The molecule has 0 unspecified atom stereocenters. The van der Waals surface area contributed by atoms with E-state index in [4.69, 9.17) is 0 Å². The molecule has 1 aromatic rings. The largest absolute Gasteiger partial charge is 0.294 e. The monoisotopic (exact) mass is 236 g/mol. The van der Waals surface area contributed by atoms with Crippen molar-refractivity contribution in [1.82, 2.24) is 9.78 Å². The zero-order valence-corrected chi connectivity index (χ0v) is 11.1. The van der Waals surface area contributed by atoms with E-state index in [1.807, 2.05) is 7.05 Å². The van der Waals surface area contributed by atoms with E-state index < -0.39 is 0 Å². The second-order valence-corrected chi connectivity index (χ2v) is 4.70. The van der Waals surface area contributed by atoms with Crippen LogP contribution in [0.1, 0.15) is 68.6 Å². The van der Waals surface area contributed by atoms with Crippen molar-refractivity contribution in [2.75, 3.05) is 0 Å². The topological polar surface area (TPSA) is 34.9 Å². The lowest BCUT2D eigenvalue weighted by molar-refractivity contribution is 0.0979. The lowest BCUT2D eigenvalue weighted by Crippen LogP contribution is -1.97. The van der Waals surface area contributed by atoms with Crippen LogP contribution in [-0.2, 0) is 7.05 Å². The van der Waals surface area contributed by atoms with Crippen molar-refractivity contribution in [2.24, 2.45) is 7.05 Å². The Kier molecular flexibility index (Phi) is 6.60. The van der Waals surface area contributed by atoms with Gasteiger partial charge in [0.15, 0.2) is 5.78 Å². The van der Waals surface area contributed by atoms with Crippen LogP contribution in [0.3, 0.4) is 0 Å². The van der Waals surface area contributed by atoms with Crippen molar-refractivity contribution in [3.8, 4) is 0 Å². The summed E-state index contributed by atoms with van der Waals surface area (Å²) in [5.74, 6) is 0.228. The average molecular weight is 236 g/mol. The highest BCUT2D eigenvalue weighted by molar-refractivity contribution is 5.95. The SMILES string of the molecule is CCCCCCCCCC(=O)c1cnn(C)c1. The lowest BCUT2D eigenvalue weighted by Gasteiger charge is -2.00. The Bertz CT molecular complexity index is 331. The standard InChI is InChI=1S/C14H24N2O/c1-3-4-5-6-7-8-9-10-14(17)13-11-15-16(2)12-13/h11-12H,3-10H2,1-2H3. The van der Waals surface area contributed by atoms with Gasteiger partial charge >= 0.3 is 0 Å². The third kappa shape index (κ3) is 5.66. The number of carbonyl (C=O) groups is 1. The van der Waals surface area contributed by atoms with Gasteiger partial charge in [-0.1, -0.05) is 45.4 Å². The molecule has 0 bridgehead atoms. The molecule has 0 fully saturated rings.